The Morgan fingerprint density at radius 1 is 1.36 bits per heavy atom. The van der Waals surface area contributed by atoms with Gasteiger partial charge in [0, 0.05) is 5.69 Å². The summed E-state index contributed by atoms with van der Waals surface area (Å²) >= 11 is 0. The largest absolute Gasteiger partial charge is 0.325 e. The zero-order valence-electron chi connectivity index (χ0n) is 7.84. The lowest BCUT2D eigenvalue weighted by Crippen LogP contribution is -2.40. The van der Waals surface area contributed by atoms with Crippen molar-refractivity contribution in [3.05, 3.63) is 23.8 Å². The number of rotatable bonds is 0. The molecule has 68 valence electrons. The first kappa shape index (κ1) is 8.10. The molecule has 1 aromatic carbocycles. The van der Waals surface area contributed by atoms with E-state index in [0.29, 0.717) is 5.46 Å². The third-order valence-electron chi connectivity index (χ3n) is 3.45. The highest BCUT2D eigenvalue weighted by atomic mass is 16.2. The molecule has 2 nitrogen and oxygen atoms in total. The topological polar surface area (TPSA) is 29.1 Å². The fraction of sp³-hybridized carbons (Fsp3) is 0.364. The van der Waals surface area contributed by atoms with Gasteiger partial charge in [-0.1, -0.05) is 24.0 Å². The highest BCUT2D eigenvalue weighted by molar-refractivity contribution is 6.33. The summed E-state index contributed by atoms with van der Waals surface area (Å²) in [5, 5.41) is 2.91. The molecule has 1 aromatic rings. The minimum Gasteiger partial charge on any atom is -0.325 e. The van der Waals surface area contributed by atoms with Gasteiger partial charge >= 0.3 is 0 Å². The first-order valence-corrected chi connectivity index (χ1v) is 4.94. The third kappa shape index (κ3) is 0.801. The SMILES string of the molecule is [B]c1ccc2c(c1)NC(=O)C21CCC1. The highest BCUT2D eigenvalue weighted by Crippen LogP contribution is 2.50. The Morgan fingerprint density at radius 3 is 2.79 bits per heavy atom. The van der Waals surface area contributed by atoms with Crippen LogP contribution in [0.1, 0.15) is 24.8 Å². The first-order valence-electron chi connectivity index (χ1n) is 4.94. The van der Waals surface area contributed by atoms with Crippen molar-refractivity contribution >= 4 is 24.9 Å². The normalized spacial score (nSPS) is 21.6. The summed E-state index contributed by atoms with van der Waals surface area (Å²) < 4.78 is 0. The quantitative estimate of drug-likeness (QED) is 0.593. The summed E-state index contributed by atoms with van der Waals surface area (Å²) in [5.41, 5.74) is 2.56. The second kappa shape index (κ2) is 2.41. The molecule has 1 aliphatic carbocycles. The summed E-state index contributed by atoms with van der Waals surface area (Å²) in [4.78, 5) is 11.8. The van der Waals surface area contributed by atoms with Crippen molar-refractivity contribution in [3.63, 3.8) is 0 Å². The Morgan fingerprint density at radius 2 is 2.14 bits per heavy atom. The zero-order valence-corrected chi connectivity index (χ0v) is 7.84. The molecule has 1 N–H and O–H groups in total. The number of nitrogens with one attached hydrogen (secondary N) is 1. The second-order valence-corrected chi connectivity index (χ2v) is 4.19. The van der Waals surface area contributed by atoms with Crippen LogP contribution >= 0.6 is 0 Å². The van der Waals surface area contributed by atoms with E-state index < -0.39 is 0 Å². The van der Waals surface area contributed by atoms with E-state index in [4.69, 9.17) is 7.85 Å². The lowest BCUT2D eigenvalue weighted by atomic mass is 9.65. The van der Waals surface area contributed by atoms with E-state index in [0.717, 1.165) is 30.5 Å². The van der Waals surface area contributed by atoms with Gasteiger partial charge in [0.15, 0.2) is 0 Å². The molecule has 14 heavy (non-hydrogen) atoms. The van der Waals surface area contributed by atoms with Crippen LogP contribution in [-0.4, -0.2) is 13.8 Å². The third-order valence-corrected chi connectivity index (χ3v) is 3.45. The molecule has 0 aromatic heterocycles. The average Bonchev–Trinajstić information content (AvgIpc) is 2.34. The predicted molar refractivity (Wildman–Crippen MR) is 56.0 cm³/mol. The van der Waals surface area contributed by atoms with Gasteiger partial charge in [-0.2, -0.15) is 0 Å². The van der Waals surface area contributed by atoms with E-state index in [2.05, 4.69) is 5.32 Å². The molecule has 1 heterocycles. The molecule has 0 unspecified atom stereocenters. The maximum atomic E-state index is 11.8. The van der Waals surface area contributed by atoms with E-state index in [-0.39, 0.29) is 11.3 Å². The van der Waals surface area contributed by atoms with Crippen LogP contribution in [0.15, 0.2) is 18.2 Å². The average molecular weight is 183 g/mol. The van der Waals surface area contributed by atoms with Crippen LogP contribution < -0.4 is 10.8 Å². The van der Waals surface area contributed by atoms with E-state index in [9.17, 15) is 4.79 Å². The van der Waals surface area contributed by atoms with Crippen molar-refractivity contribution in [2.75, 3.05) is 5.32 Å². The van der Waals surface area contributed by atoms with Gasteiger partial charge < -0.3 is 5.32 Å². The molecule has 1 spiro atoms. The van der Waals surface area contributed by atoms with Crippen molar-refractivity contribution in [2.45, 2.75) is 24.7 Å². The van der Waals surface area contributed by atoms with Gasteiger partial charge in [0.05, 0.1) is 5.41 Å². The van der Waals surface area contributed by atoms with E-state index in [1.54, 1.807) is 0 Å². The number of fused-ring (bicyclic) bond motifs is 2. The van der Waals surface area contributed by atoms with Crippen molar-refractivity contribution in [1.29, 1.82) is 0 Å². The van der Waals surface area contributed by atoms with Crippen LogP contribution in [0.5, 0.6) is 0 Å². The molecule has 2 radical (unpaired) electrons. The molecule has 1 aliphatic heterocycles. The van der Waals surface area contributed by atoms with Crippen LogP contribution in [0.4, 0.5) is 5.69 Å². The van der Waals surface area contributed by atoms with E-state index in [1.807, 2.05) is 18.2 Å². The molecule has 3 rings (SSSR count). The molecule has 0 bridgehead atoms. The highest BCUT2D eigenvalue weighted by Gasteiger charge is 2.50. The van der Waals surface area contributed by atoms with Gasteiger partial charge in [-0.3, -0.25) is 4.79 Å². The number of carbonyl (C=O) groups is 1. The molecule has 3 heteroatoms. The van der Waals surface area contributed by atoms with Crippen molar-refractivity contribution < 1.29 is 4.79 Å². The Balaban J connectivity index is 2.18. The molecule has 0 saturated heterocycles. The summed E-state index contributed by atoms with van der Waals surface area (Å²) in [5.74, 6) is 0.157. The van der Waals surface area contributed by atoms with Crippen molar-refractivity contribution in [1.82, 2.24) is 0 Å². The predicted octanol–water partition coefficient (Wildman–Crippen LogP) is 0.854. The molecular formula is C11H10BNO. The maximum Gasteiger partial charge on any atom is 0.235 e. The lowest BCUT2D eigenvalue weighted by molar-refractivity contribution is -0.123. The number of anilines is 1. The summed E-state index contributed by atoms with van der Waals surface area (Å²) in [6.45, 7) is 0. The Hall–Kier alpha value is -1.25. The molecular weight excluding hydrogens is 173 g/mol. The molecule has 1 fully saturated rings. The van der Waals surface area contributed by atoms with Crippen LogP contribution in [0.3, 0.4) is 0 Å². The maximum absolute atomic E-state index is 11.8. The second-order valence-electron chi connectivity index (χ2n) is 4.19. The standard InChI is InChI=1S/C11H10BNO/c12-7-2-3-8-9(6-7)13-10(14)11(8)4-1-5-11/h2-3,6H,1,4-5H2,(H,13,14). The van der Waals surface area contributed by atoms with Crippen LogP contribution in [0.2, 0.25) is 0 Å². The molecule has 1 saturated carbocycles. The van der Waals surface area contributed by atoms with Gasteiger partial charge in [-0.05, 0) is 24.5 Å². The molecule has 1 amide bonds. The van der Waals surface area contributed by atoms with Crippen LogP contribution in [-0.2, 0) is 10.2 Å². The number of hydrogen-bond acceptors (Lipinski definition) is 1. The Bertz CT molecular complexity index is 423. The summed E-state index contributed by atoms with van der Waals surface area (Å²) in [7, 11) is 5.67. The van der Waals surface area contributed by atoms with E-state index in [1.165, 1.54) is 0 Å². The van der Waals surface area contributed by atoms with Crippen molar-refractivity contribution in [2.24, 2.45) is 0 Å². The van der Waals surface area contributed by atoms with Gasteiger partial charge in [0.2, 0.25) is 5.91 Å². The monoisotopic (exact) mass is 183 g/mol. The van der Waals surface area contributed by atoms with Gasteiger partial charge in [-0.25, -0.2) is 0 Å². The molecule has 0 atom stereocenters. The summed E-state index contributed by atoms with van der Waals surface area (Å²) in [6, 6.07) is 5.71. The first-order chi connectivity index (χ1) is 6.72. The smallest absolute Gasteiger partial charge is 0.235 e. The number of benzene rings is 1. The molecule has 2 aliphatic rings. The lowest BCUT2D eigenvalue weighted by Gasteiger charge is -2.36. The minimum atomic E-state index is -0.205. The Labute approximate surface area is 84.1 Å². The van der Waals surface area contributed by atoms with Crippen molar-refractivity contribution in [3.8, 4) is 0 Å². The van der Waals surface area contributed by atoms with Crippen LogP contribution in [0.25, 0.3) is 0 Å². The minimum absolute atomic E-state index is 0.157. The Kier molecular flexibility index (Phi) is 1.39. The summed E-state index contributed by atoms with van der Waals surface area (Å²) in [6.07, 6.45) is 3.11. The van der Waals surface area contributed by atoms with Crippen LogP contribution in [0, 0.1) is 0 Å². The number of amides is 1. The van der Waals surface area contributed by atoms with Gasteiger partial charge in [-0.15, -0.1) is 0 Å². The van der Waals surface area contributed by atoms with Gasteiger partial charge in [0.1, 0.15) is 7.85 Å². The fourth-order valence-electron chi connectivity index (χ4n) is 2.47. The van der Waals surface area contributed by atoms with E-state index >= 15 is 0 Å². The number of hydrogen-bond donors (Lipinski definition) is 1. The zero-order chi connectivity index (χ0) is 9.76. The fourth-order valence-corrected chi connectivity index (χ4v) is 2.47. The number of carbonyl (C=O) groups excluding carboxylic acids is 1. The van der Waals surface area contributed by atoms with Gasteiger partial charge in [0.25, 0.3) is 0 Å².